The summed E-state index contributed by atoms with van der Waals surface area (Å²) in [5.74, 6) is 0. The van der Waals surface area contributed by atoms with E-state index < -0.39 is 0 Å². The van der Waals surface area contributed by atoms with Crippen LogP contribution in [0.2, 0.25) is 0 Å². The van der Waals surface area contributed by atoms with Gasteiger partial charge >= 0.3 is 0 Å². The second-order valence-corrected chi connectivity index (χ2v) is 3.69. The average Bonchev–Trinajstić information content (AvgIpc) is 2.22. The lowest BCUT2D eigenvalue weighted by Gasteiger charge is -2.05. The van der Waals surface area contributed by atoms with E-state index in [-0.39, 0.29) is 5.56 Å². The summed E-state index contributed by atoms with van der Waals surface area (Å²) >= 11 is 0. The number of pyridine rings is 1. The molecule has 15 heavy (non-hydrogen) atoms. The molecule has 0 bridgehead atoms. The minimum absolute atomic E-state index is 0.0398. The summed E-state index contributed by atoms with van der Waals surface area (Å²) in [6, 6.07) is 7.81. The van der Waals surface area contributed by atoms with E-state index in [1.54, 1.807) is 10.8 Å². The molecule has 78 valence electrons. The Morgan fingerprint density at radius 3 is 2.87 bits per heavy atom. The number of rotatable bonds is 2. The summed E-state index contributed by atoms with van der Waals surface area (Å²) in [5, 5.41) is 1.75. The van der Waals surface area contributed by atoms with E-state index in [1.807, 2.05) is 31.2 Å². The quantitative estimate of drug-likeness (QED) is 0.797. The van der Waals surface area contributed by atoms with Crippen molar-refractivity contribution in [2.24, 2.45) is 5.73 Å². The maximum Gasteiger partial charge on any atom is 0.258 e. The van der Waals surface area contributed by atoms with Crippen LogP contribution in [0.3, 0.4) is 0 Å². The van der Waals surface area contributed by atoms with Crippen molar-refractivity contribution in [3.8, 4) is 0 Å². The molecule has 1 heterocycles. The normalized spacial score (nSPS) is 10.8. The maximum atomic E-state index is 11.9. The topological polar surface area (TPSA) is 48.0 Å². The Bertz CT molecular complexity index is 543. The van der Waals surface area contributed by atoms with Gasteiger partial charge in [0.15, 0.2) is 0 Å². The first-order valence-electron chi connectivity index (χ1n) is 5.02. The van der Waals surface area contributed by atoms with Crippen LogP contribution in [-0.4, -0.2) is 11.1 Å². The summed E-state index contributed by atoms with van der Waals surface area (Å²) < 4.78 is 1.65. The molecule has 0 atom stereocenters. The highest BCUT2D eigenvalue weighted by molar-refractivity contribution is 5.81. The molecule has 0 aliphatic heterocycles. The van der Waals surface area contributed by atoms with Crippen LogP contribution in [0.5, 0.6) is 0 Å². The van der Waals surface area contributed by atoms with E-state index in [4.69, 9.17) is 5.73 Å². The molecule has 0 amide bonds. The fourth-order valence-electron chi connectivity index (χ4n) is 1.72. The summed E-state index contributed by atoms with van der Waals surface area (Å²) in [6.45, 7) is 3.07. The molecule has 3 nitrogen and oxygen atoms in total. The van der Waals surface area contributed by atoms with Gasteiger partial charge in [-0.05, 0) is 24.4 Å². The SMILES string of the molecule is Cc1ccc2c(=O)n(CCN)ccc2c1. The molecule has 0 fully saturated rings. The highest BCUT2D eigenvalue weighted by Crippen LogP contribution is 2.11. The van der Waals surface area contributed by atoms with Gasteiger partial charge in [0.05, 0.1) is 0 Å². The van der Waals surface area contributed by atoms with Gasteiger partial charge in [0, 0.05) is 24.7 Å². The number of benzene rings is 1. The molecular weight excluding hydrogens is 188 g/mol. The Kier molecular flexibility index (Phi) is 2.56. The summed E-state index contributed by atoms with van der Waals surface area (Å²) in [5.41, 5.74) is 6.64. The van der Waals surface area contributed by atoms with E-state index in [0.717, 1.165) is 10.8 Å². The van der Waals surface area contributed by atoms with Gasteiger partial charge in [-0.1, -0.05) is 17.7 Å². The number of fused-ring (bicyclic) bond motifs is 1. The second kappa shape index (κ2) is 3.87. The Morgan fingerprint density at radius 1 is 1.33 bits per heavy atom. The smallest absolute Gasteiger partial charge is 0.258 e. The molecule has 0 spiro atoms. The van der Waals surface area contributed by atoms with Gasteiger partial charge in [-0.2, -0.15) is 0 Å². The molecule has 0 saturated carbocycles. The molecule has 0 saturated heterocycles. The lowest BCUT2D eigenvalue weighted by molar-refractivity contribution is 0.687. The molecular formula is C12H14N2O. The van der Waals surface area contributed by atoms with Crippen molar-refractivity contribution >= 4 is 10.8 Å². The van der Waals surface area contributed by atoms with E-state index in [9.17, 15) is 4.79 Å². The van der Waals surface area contributed by atoms with Gasteiger partial charge in [0.2, 0.25) is 0 Å². The van der Waals surface area contributed by atoms with Gasteiger partial charge in [-0.15, -0.1) is 0 Å². The third-order valence-electron chi connectivity index (χ3n) is 2.50. The lowest BCUT2D eigenvalue weighted by atomic mass is 10.1. The zero-order chi connectivity index (χ0) is 10.8. The molecule has 2 rings (SSSR count). The molecule has 3 heteroatoms. The van der Waals surface area contributed by atoms with Crippen LogP contribution in [-0.2, 0) is 6.54 Å². The highest BCUT2D eigenvalue weighted by atomic mass is 16.1. The van der Waals surface area contributed by atoms with Crippen LogP contribution in [0.1, 0.15) is 5.56 Å². The summed E-state index contributed by atoms with van der Waals surface area (Å²) in [4.78, 5) is 11.9. The van der Waals surface area contributed by atoms with E-state index in [0.29, 0.717) is 13.1 Å². The zero-order valence-corrected chi connectivity index (χ0v) is 8.73. The molecule has 0 radical (unpaired) electrons. The zero-order valence-electron chi connectivity index (χ0n) is 8.73. The monoisotopic (exact) mass is 202 g/mol. The summed E-state index contributed by atoms with van der Waals surface area (Å²) in [7, 11) is 0. The number of hydrogen-bond donors (Lipinski definition) is 1. The van der Waals surface area contributed by atoms with Crippen molar-refractivity contribution in [2.45, 2.75) is 13.5 Å². The molecule has 2 aromatic rings. The van der Waals surface area contributed by atoms with Gasteiger partial charge in [-0.25, -0.2) is 0 Å². The third kappa shape index (κ3) is 1.78. The van der Waals surface area contributed by atoms with E-state index >= 15 is 0 Å². The minimum atomic E-state index is 0.0398. The first kappa shape index (κ1) is 9.93. The van der Waals surface area contributed by atoms with Crippen LogP contribution >= 0.6 is 0 Å². The van der Waals surface area contributed by atoms with E-state index in [2.05, 4.69) is 0 Å². The van der Waals surface area contributed by atoms with Crippen molar-refractivity contribution in [1.82, 2.24) is 4.57 Å². The van der Waals surface area contributed by atoms with Crippen molar-refractivity contribution < 1.29 is 0 Å². The predicted molar refractivity (Wildman–Crippen MR) is 62.0 cm³/mol. The molecule has 2 N–H and O–H groups in total. The van der Waals surface area contributed by atoms with Crippen molar-refractivity contribution in [3.63, 3.8) is 0 Å². The Labute approximate surface area is 88.1 Å². The largest absolute Gasteiger partial charge is 0.329 e. The van der Waals surface area contributed by atoms with Crippen molar-refractivity contribution in [3.05, 3.63) is 46.4 Å². The third-order valence-corrected chi connectivity index (χ3v) is 2.50. The Hall–Kier alpha value is -1.61. The number of hydrogen-bond acceptors (Lipinski definition) is 2. The Balaban J connectivity index is 2.69. The van der Waals surface area contributed by atoms with Gasteiger partial charge in [0.1, 0.15) is 0 Å². The van der Waals surface area contributed by atoms with Gasteiger partial charge in [-0.3, -0.25) is 4.79 Å². The average molecular weight is 202 g/mol. The highest BCUT2D eigenvalue weighted by Gasteiger charge is 2.01. The number of aromatic nitrogens is 1. The fourth-order valence-corrected chi connectivity index (χ4v) is 1.72. The molecule has 0 aliphatic carbocycles. The maximum absolute atomic E-state index is 11.9. The molecule has 0 aliphatic rings. The number of nitrogens with two attached hydrogens (primary N) is 1. The second-order valence-electron chi connectivity index (χ2n) is 3.69. The van der Waals surface area contributed by atoms with Crippen LogP contribution in [0.15, 0.2) is 35.3 Å². The lowest BCUT2D eigenvalue weighted by Crippen LogP contribution is -2.23. The van der Waals surface area contributed by atoms with Crippen LogP contribution in [0, 0.1) is 6.92 Å². The number of nitrogens with zero attached hydrogens (tertiary/aromatic N) is 1. The standard InChI is InChI=1S/C12H14N2O/c1-9-2-3-11-10(8-9)4-6-14(7-5-13)12(11)15/h2-4,6,8H,5,7,13H2,1H3. The number of aryl methyl sites for hydroxylation is 1. The van der Waals surface area contributed by atoms with Gasteiger partial charge in [0.25, 0.3) is 5.56 Å². The minimum Gasteiger partial charge on any atom is -0.329 e. The Morgan fingerprint density at radius 2 is 2.13 bits per heavy atom. The fraction of sp³-hybridized carbons (Fsp3) is 0.250. The van der Waals surface area contributed by atoms with Crippen LogP contribution in [0.25, 0.3) is 10.8 Å². The summed E-state index contributed by atoms with van der Waals surface area (Å²) in [6.07, 6.45) is 1.80. The van der Waals surface area contributed by atoms with Crippen molar-refractivity contribution in [2.75, 3.05) is 6.54 Å². The molecule has 1 aromatic heterocycles. The first-order valence-corrected chi connectivity index (χ1v) is 5.02. The van der Waals surface area contributed by atoms with Gasteiger partial charge < -0.3 is 10.3 Å². The first-order chi connectivity index (χ1) is 7.22. The van der Waals surface area contributed by atoms with Crippen LogP contribution in [0.4, 0.5) is 0 Å². The van der Waals surface area contributed by atoms with Crippen LogP contribution < -0.4 is 11.3 Å². The molecule has 1 aromatic carbocycles. The van der Waals surface area contributed by atoms with Crippen molar-refractivity contribution in [1.29, 1.82) is 0 Å². The predicted octanol–water partition coefficient (Wildman–Crippen LogP) is 1.27. The van der Waals surface area contributed by atoms with E-state index in [1.165, 1.54) is 5.56 Å². The molecule has 0 unspecified atom stereocenters.